The first-order chi connectivity index (χ1) is 31.3. The third kappa shape index (κ3) is 48.4. The van der Waals surface area contributed by atoms with Crippen molar-refractivity contribution < 1.29 is 37.6 Å². The number of phosphoric ester groups is 1. The molecular weight excluding hydrogens is 820 g/mol. The van der Waals surface area contributed by atoms with Crippen molar-refractivity contribution in [1.82, 2.24) is 0 Å². The molecule has 0 aromatic carbocycles. The number of rotatable bonds is 46. The molecule has 0 aliphatic heterocycles. The molecule has 0 aromatic rings. The number of unbranched alkanes of at least 4 members (excludes halogenated alkanes) is 18. The SMILES string of the molecule is CC/C=C\C/C=C\C/C=C\C/C=C\CCCCCCCCCCCCC(=O)OC(COC(=O)CCCCCCCCCC/C=C\C/C=C\C/C=C\C/C=C\CC)COP(=O)(O)OCC. The molecule has 0 aliphatic carbocycles. The van der Waals surface area contributed by atoms with Gasteiger partial charge in [-0.1, -0.05) is 201 Å². The number of hydrogen-bond donors (Lipinski definition) is 1. The van der Waals surface area contributed by atoms with Gasteiger partial charge in [-0.25, -0.2) is 4.57 Å². The molecule has 366 valence electrons. The molecule has 0 saturated carbocycles. The number of carbonyl (C=O) groups excluding carboxylic acids is 2. The quantitative estimate of drug-likeness (QED) is 0.0278. The highest BCUT2D eigenvalue weighted by atomic mass is 31.2. The van der Waals surface area contributed by atoms with E-state index in [-0.39, 0.29) is 32.0 Å². The Labute approximate surface area is 392 Å². The predicted octanol–water partition coefficient (Wildman–Crippen LogP) is 16.8. The zero-order valence-corrected chi connectivity index (χ0v) is 41.8. The molecular formula is C55H93O8P. The number of hydrogen-bond acceptors (Lipinski definition) is 7. The first-order valence-electron chi connectivity index (χ1n) is 25.5. The Morgan fingerprint density at radius 1 is 0.422 bits per heavy atom. The van der Waals surface area contributed by atoms with Crippen LogP contribution in [0.4, 0.5) is 0 Å². The second-order valence-electron chi connectivity index (χ2n) is 16.4. The highest BCUT2D eigenvalue weighted by molar-refractivity contribution is 7.47. The van der Waals surface area contributed by atoms with E-state index in [0.717, 1.165) is 109 Å². The maximum atomic E-state index is 12.6. The van der Waals surface area contributed by atoms with E-state index in [9.17, 15) is 19.0 Å². The van der Waals surface area contributed by atoms with E-state index in [4.69, 9.17) is 18.5 Å². The van der Waals surface area contributed by atoms with Crippen LogP contribution in [0.3, 0.4) is 0 Å². The van der Waals surface area contributed by atoms with Crippen LogP contribution >= 0.6 is 7.82 Å². The summed E-state index contributed by atoms with van der Waals surface area (Å²) in [5.74, 6) is -0.815. The molecule has 0 fully saturated rings. The van der Waals surface area contributed by atoms with E-state index in [0.29, 0.717) is 6.42 Å². The number of ether oxygens (including phenoxy) is 2. The van der Waals surface area contributed by atoms with E-state index in [1.54, 1.807) is 6.92 Å². The van der Waals surface area contributed by atoms with Crippen LogP contribution in [0.2, 0.25) is 0 Å². The molecule has 0 radical (unpaired) electrons. The average Bonchev–Trinajstić information content (AvgIpc) is 3.28. The molecule has 1 N–H and O–H groups in total. The highest BCUT2D eigenvalue weighted by Crippen LogP contribution is 2.43. The van der Waals surface area contributed by atoms with Crippen molar-refractivity contribution in [2.24, 2.45) is 0 Å². The van der Waals surface area contributed by atoms with Gasteiger partial charge in [-0.3, -0.25) is 18.6 Å². The molecule has 0 aliphatic rings. The van der Waals surface area contributed by atoms with Crippen LogP contribution < -0.4 is 0 Å². The van der Waals surface area contributed by atoms with Gasteiger partial charge in [0, 0.05) is 12.8 Å². The number of phosphoric acid groups is 1. The lowest BCUT2D eigenvalue weighted by atomic mass is 10.0. The predicted molar refractivity (Wildman–Crippen MR) is 271 cm³/mol. The molecule has 0 amide bonds. The monoisotopic (exact) mass is 913 g/mol. The standard InChI is InChI=1S/C55H93O8P/c1-4-7-9-11-13-15-17-19-21-23-25-27-28-30-32-34-36-38-40-42-44-46-48-50-55(57)63-53(52-62-64(58,59)61-6-3)51-60-54(56)49-47-45-43-41-39-37-35-33-31-29-26-24-22-20-18-16-14-12-10-8-5-2/h7-10,13-16,19-22,25-27,29,53H,4-6,11-12,17-18,23-24,28,30-52H2,1-3H3,(H,58,59)/b9-7-,10-8-,15-13-,16-14-,21-19-,22-20-,27-25-,29-26-. The maximum absolute atomic E-state index is 12.6. The summed E-state index contributed by atoms with van der Waals surface area (Å²) in [4.78, 5) is 35.0. The smallest absolute Gasteiger partial charge is 0.462 e. The number of allylic oxidation sites excluding steroid dienone is 16. The van der Waals surface area contributed by atoms with Gasteiger partial charge >= 0.3 is 19.8 Å². The minimum absolute atomic E-state index is 0.00679. The van der Waals surface area contributed by atoms with Crippen molar-refractivity contribution in [3.63, 3.8) is 0 Å². The second-order valence-corrected chi connectivity index (χ2v) is 17.9. The van der Waals surface area contributed by atoms with Crippen molar-refractivity contribution in [2.45, 2.75) is 219 Å². The average molecular weight is 913 g/mol. The lowest BCUT2D eigenvalue weighted by molar-refractivity contribution is -0.161. The summed E-state index contributed by atoms with van der Waals surface area (Å²) in [7, 11) is -4.30. The van der Waals surface area contributed by atoms with Gasteiger partial charge in [0.05, 0.1) is 13.2 Å². The first kappa shape index (κ1) is 61.0. The van der Waals surface area contributed by atoms with Gasteiger partial charge in [0.25, 0.3) is 0 Å². The zero-order valence-electron chi connectivity index (χ0n) is 40.9. The minimum Gasteiger partial charge on any atom is -0.462 e. The molecule has 0 spiro atoms. The largest absolute Gasteiger partial charge is 0.472 e. The van der Waals surface area contributed by atoms with Gasteiger partial charge in [0.2, 0.25) is 0 Å². The van der Waals surface area contributed by atoms with Gasteiger partial charge in [0.15, 0.2) is 6.10 Å². The van der Waals surface area contributed by atoms with E-state index >= 15 is 0 Å². The number of carbonyl (C=O) groups is 2. The molecule has 0 bridgehead atoms. The summed E-state index contributed by atoms with van der Waals surface area (Å²) in [5, 5.41) is 0. The van der Waals surface area contributed by atoms with Gasteiger partial charge in [0.1, 0.15) is 6.61 Å². The van der Waals surface area contributed by atoms with Crippen LogP contribution in [-0.2, 0) is 32.7 Å². The van der Waals surface area contributed by atoms with Crippen LogP contribution in [-0.4, -0.2) is 42.8 Å². The van der Waals surface area contributed by atoms with Crippen LogP contribution in [0, 0.1) is 0 Å². The lowest BCUT2D eigenvalue weighted by Crippen LogP contribution is -2.29. The molecule has 8 nitrogen and oxygen atoms in total. The van der Waals surface area contributed by atoms with Crippen LogP contribution in [0.1, 0.15) is 213 Å². The summed E-state index contributed by atoms with van der Waals surface area (Å²) in [5.41, 5.74) is 0. The summed E-state index contributed by atoms with van der Waals surface area (Å²) < 4.78 is 32.8. The Kier molecular flexibility index (Phi) is 47.1. The van der Waals surface area contributed by atoms with E-state index in [1.165, 1.54) is 64.2 Å². The molecule has 0 saturated heterocycles. The minimum atomic E-state index is -4.30. The topological polar surface area (TPSA) is 108 Å². The van der Waals surface area contributed by atoms with Crippen LogP contribution in [0.15, 0.2) is 97.2 Å². The summed E-state index contributed by atoms with van der Waals surface area (Å²) >= 11 is 0. The third-order valence-electron chi connectivity index (χ3n) is 10.4. The Morgan fingerprint density at radius 2 is 0.750 bits per heavy atom. The summed E-state index contributed by atoms with van der Waals surface area (Å²) in [6.45, 7) is 5.25. The zero-order chi connectivity index (χ0) is 46.7. The molecule has 9 heteroatoms. The molecule has 2 atom stereocenters. The van der Waals surface area contributed by atoms with Gasteiger partial charge in [-0.05, 0) is 96.8 Å². The van der Waals surface area contributed by atoms with Gasteiger partial charge < -0.3 is 14.4 Å². The summed E-state index contributed by atoms with van der Waals surface area (Å²) in [6, 6.07) is 0. The molecule has 0 aromatic heterocycles. The Bertz CT molecular complexity index is 1360. The lowest BCUT2D eigenvalue weighted by Gasteiger charge is -2.19. The van der Waals surface area contributed by atoms with Crippen molar-refractivity contribution in [1.29, 1.82) is 0 Å². The fourth-order valence-electron chi connectivity index (χ4n) is 6.73. The van der Waals surface area contributed by atoms with Crippen LogP contribution in [0.25, 0.3) is 0 Å². The molecule has 2 unspecified atom stereocenters. The van der Waals surface area contributed by atoms with Crippen LogP contribution in [0.5, 0.6) is 0 Å². The molecule has 0 rings (SSSR count). The molecule has 0 heterocycles. The van der Waals surface area contributed by atoms with Crippen molar-refractivity contribution in [3.8, 4) is 0 Å². The Balaban J connectivity index is 4.02. The van der Waals surface area contributed by atoms with E-state index in [1.807, 2.05) is 0 Å². The van der Waals surface area contributed by atoms with E-state index in [2.05, 4.69) is 111 Å². The Morgan fingerprint density at radius 3 is 1.12 bits per heavy atom. The first-order valence-corrected chi connectivity index (χ1v) is 27.0. The second kappa shape index (κ2) is 49.4. The normalized spacial score (nSPS) is 14.0. The molecule has 64 heavy (non-hydrogen) atoms. The maximum Gasteiger partial charge on any atom is 0.472 e. The fraction of sp³-hybridized carbons (Fsp3) is 0.673. The van der Waals surface area contributed by atoms with Gasteiger partial charge in [-0.15, -0.1) is 0 Å². The third-order valence-corrected chi connectivity index (χ3v) is 11.4. The highest BCUT2D eigenvalue weighted by Gasteiger charge is 2.25. The van der Waals surface area contributed by atoms with Gasteiger partial charge in [-0.2, -0.15) is 0 Å². The summed E-state index contributed by atoms with van der Waals surface area (Å²) in [6.07, 6.45) is 66.1. The number of esters is 2. The fourth-order valence-corrected chi connectivity index (χ4v) is 7.49. The van der Waals surface area contributed by atoms with Crippen molar-refractivity contribution in [2.75, 3.05) is 19.8 Å². The van der Waals surface area contributed by atoms with E-state index < -0.39 is 26.5 Å². The van der Waals surface area contributed by atoms with Crippen molar-refractivity contribution in [3.05, 3.63) is 97.2 Å². The van der Waals surface area contributed by atoms with Crippen molar-refractivity contribution >= 4 is 19.8 Å². The Hall–Kier alpha value is -3.03.